The molecule has 2 aromatic rings. The van der Waals surface area contributed by atoms with Gasteiger partial charge < -0.3 is 0 Å². The number of hydrazine groups is 1. The predicted octanol–water partition coefficient (Wildman–Crippen LogP) is 4.25. The Hall–Kier alpha value is 0.0500. The summed E-state index contributed by atoms with van der Waals surface area (Å²) >= 11 is 7.65. The van der Waals surface area contributed by atoms with Crippen LogP contribution < -0.4 is 11.3 Å². The standard InChI is InChI=1S/C13H14BrIN2S/c14-12-3-2-10(15)7-11(12)13(17-16)4-1-9-5-6-18-8-9/h2-3,5-8,13,17H,1,4,16H2. The van der Waals surface area contributed by atoms with Gasteiger partial charge in [-0.05, 0) is 81.6 Å². The van der Waals surface area contributed by atoms with Crippen LogP contribution >= 0.6 is 49.9 Å². The van der Waals surface area contributed by atoms with Crippen molar-refractivity contribution < 1.29 is 0 Å². The second-order valence-corrected chi connectivity index (χ2v) is 6.94. The summed E-state index contributed by atoms with van der Waals surface area (Å²) in [4.78, 5) is 0. The molecule has 5 heteroatoms. The van der Waals surface area contributed by atoms with Gasteiger partial charge in [-0.2, -0.15) is 11.3 Å². The topological polar surface area (TPSA) is 38.0 Å². The molecule has 1 aromatic carbocycles. The lowest BCUT2D eigenvalue weighted by atomic mass is 10.0. The third-order valence-corrected chi connectivity index (χ3v) is 4.96. The van der Waals surface area contributed by atoms with Crippen molar-refractivity contribution in [3.8, 4) is 0 Å². The molecule has 2 rings (SSSR count). The molecule has 0 bridgehead atoms. The summed E-state index contributed by atoms with van der Waals surface area (Å²) in [6.45, 7) is 0. The summed E-state index contributed by atoms with van der Waals surface area (Å²) in [7, 11) is 0. The monoisotopic (exact) mass is 436 g/mol. The van der Waals surface area contributed by atoms with Crippen LogP contribution in [0.5, 0.6) is 0 Å². The predicted molar refractivity (Wildman–Crippen MR) is 89.6 cm³/mol. The van der Waals surface area contributed by atoms with Gasteiger partial charge in [0.15, 0.2) is 0 Å². The SMILES string of the molecule is NNC(CCc1ccsc1)c1cc(I)ccc1Br. The lowest BCUT2D eigenvalue weighted by Crippen LogP contribution is -2.28. The quantitative estimate of drug-likeness (QED) is 0.417. The second-order valence-electron chi connectivity index (χ2n) is 4.06. The zero-order valence-electron chi connectivity index (χ0n) is 9.70. The van der Waals surface area contributed by atoms with Crippen molar-refractivity contribution in [3.05, 3.63) is 54.2 Å². The van der Waals surface area contributed by atoms with Crippen molar-refractivity contribution in [2.45, 2.75) is 18.9 Å². The number of hydrogen-bond acceptors (Lipinski definition) is 3. The number of rotatable bonds is 5. The van der Waals surface area contributed by atoms with Gasteiger partial charge in [0.2, 0.25) is 0 Å². The minimum atomic E-state index is 0.175. The number of benzene rings is 1. The molecule has 1 aromatic heterocycles. The van der Waals surface area contributed by atoms with Gasteiger partial charge in [0, 0.05) is 14.1 Å². The summed E-state index contributed by atoms with van der Waals surface area (Å²) < 4.78 is 2.33. The average Bonchev–Trinajstić information content (AvgIpc) is 2.87. The minimum absolute atomic E-state index is 0.175. The van der Waals surface area contributed by atoms with Gasteiger partial charge >= 0.3 is 0 Å². The van der Waals surface area contributed by atoms with Gasteiger partial charge in [-0.1, -0.05) is 15.9 Å². The van der Waals surface area contributed by atoms with E-state index in [4.69, 9.17) is 5.84 Å². The molecule has 0 fully saturated rings. The molecule has 3 N–H and O–H groups in total. The van der Waals surface area contributed by atoms with Crippen LogP contribution in [-0.2, 0) is 6.42 Å². The highest BCUT2D eigenvalue weighted by molar-refractivity contribution is 14.1. The maximum Gasteiger partial charge on any atom is 0.0474 e. The Kier molecular flexibility index (Phi) is 5.62. The molecule has 18 heavy (non-hydrogen) atoms. The fourth-order valence-corrected chi connectivity index (χ4v) is 3.60. The Morgan fingerprint density at radius 1 is 1.39 bits per heavy atom. The molecule has 0 aliphatic heterocycles. The molecule has 1 heterocycles. The first-order valence-corrected chi connectivity index (χ1v) is 8.44. The molecule has 2 nitrogen and oxygen atoms in total. The van der Waals surface area contributed by atoms with E-state index in [9.17, 15) is 0 Å². The van der Waals surface area contributed by atoms with Crippen LogP contribution in [0.25, 0.3) is 0 Å². The molecule has 96 valence electrons. The molecule has 1 atom stereocenters. The van der Waals surface area contributed by atoms with Crippen LogP contribution in [-0.4, -0.2) is 0 Å². The first-order valence-electron chi connectivity index (χ1n) is 5.63. The van der Waals surface area contributed by atoms with Gasteiger partial charge in [-0.25, -0.2) is 0 Å². The summed E-state index contributed by atoms with van der Waals surface area (Å²) in [6, 6.07) is 8.67. The second kappa shape index (κ2) is 7.00. The highest BCUT2D eigenvalue weighted by Crippen LogP contribution is 2.28. The third kappa shape index (κ3) is 3.77. The van der Waals surface area contributed by atoms with E-state index in [1.54, 1.807) is 11.3 Å². The number of nitrogens with one attached hydrogen (secondary N) is 1. The van der Waals surface area contributed by atoms with Gasteiger partial charge in [-0.3, -0.25) is 11.3 Å². The van der Waals surface area contributed by atoms with Crippen molar-refractivity contribution in [3.63, 3.8) is 0 Å². The van der Waals surface area contributed by atoms with Crippen LogP contribution in [0.1, 0.15) is 23.6 Å². The number of thiophene rings is 1. The third-order valence-electron chi connectivity index (χ3n) is 2.84. The summed E-state index contributed by atoms with van der Waals surface area (Å²) in [5.41, 5.74) is 5.52. The Bertz CT molecular complexity index is 502. The summed E-state index contributed by atoms with van der Waals surface area (Å²) in [5, 5.41) is 4.30. The van der Waals surface area contributed by atoms with Crippen molar-refractivity contribution in [1.29, 1.82) is 0 Å². The van der Waals surface area contributed by atoms with E-state index in [-0.39, 0.29) is 6.04 Å². The van der Waals surface area contributed by atoms with E-state index in [2.05, 4.69) is 79.0 Å². The van der Waals surface area contributed by atoms with E-state index >= 15 is 0 Å². The fraction of sp³-hybridized carbons (Fsp3) is 0.231. The number of aryl methyl sites for hydroxylation is 1. The summed E-state index contributed by atoms with van der Waals surface area (Å²) in [5.74, 6) is 5.69. The van der Waals surface area contributed by atoms with E-state index < -0.39 is 0 Å². The van der Waals surface area contributed by atoms with Gasteiger partial charge in [0.1, 0.15) is 0 Å². The zero-order valence-corrected chi connectivity index (χ0v) is 14.3. The Morgan fingerprint density at radius 3 is 2.89 bits per heavy atom. The van der Waals surface area contributed by atoms with Crippen LogP contribution in [0.15, 0.2) is 39.5 Å². The number of hydrogen-bond donors (Lipinski definition) is 2. The van der Waals surface area contributed by atoms with Gasteiger partial charge in [0.25, 0.3) is 0 Å². The highest BCUT2D eigenvalue weighted by Gasteiger charge is 2.13. The largest absolute Gasteiger partial charge is 0.271 e. The molecular formula is C13H14BrIN2S. The van der Waals surface area contributed by atoms with E-state index in [0.717, 1.165) is 17.3 Å². The lowest BCUT2D eigenvalue weighted by molar-refractivity contribution is 0.515. The van der Waals surface area contributed by atoms with Crippen molar-refractivity contribution in [2.75, 3.05) is 0 Å². The minimum Gasteiger partial charge on any atom is -0.271 e. The van der Waals surface area contributed by atoms with Crippen LogP contribution in [0.4, 0.5) is 0 Å². The van der Waals surface area contributed by atoms with Crippen molar-refractivity contribution in [1.82, 2.24) is 5.43 Å². The molecule has 0 spiro atoms. The average molecular weight is 437 g/mol. The molecule has 0 aliphatic rings. The Balaban J connectivity index is 2.10. The smallest absolute Gasteiger partial charge is 0.0474 e. The normalized spacial score (nSPS) is 12.6. The first kappa shape index (κ1) is 14.5. The van der Waals surface area contributed by atoms with E-state index in [0.29, 0.717) is 0 Å². The summed E-state index contributed by atoms with van der Waals surface area (Å²) in [6.07, 6.45) is 2.03. The molecule has 0 saturated heterocycles. The van der Waals surface area contributed by atoms with Crippen molar-refractivity contribution in [2.24, 2.45) is 5.84 Å². The molecule has 0 aliphatic carbocycles. The first-order chi connectivity index (χ1) is 8.70. The van der Waals surface area contributed by atoms with Crippen LogP contribution in [0, 0.1) is 3.57 Å². The molecule has 0 saturated carbocycles. The molecule has 0 amide bonds. The Labute approximate surface area is 133 Å². The van der Waals surface area contributed by atoms with Gasteiger partial charge in [0.05, 0.1) is 0 Å². The maximum atomic E-state index is 5.69. The molecular weight excluding hydrogens is 423 g/mol. The zero-order chi connectivity index (χ0) is 13.0. The van der Waals surface area contributed by atoms with Crippen LogP contribution in [0.2, 0.25) is 0 Å². The highest BCUT2D eigenvalue weighted by atomic mass is 127. The van der Waals surface area contributed by atoms with Crippen LogP contribution in [0.3, 0.4) is 0 Å². The van der Waals surface area contributed by atoms with E-state index in [1.807, 2.05) is 0 Å². The molecule has 1 unspecified atom stereocenters. The Morgan fingerprint density at radius 2 is 2.22 bits per heavy atom. The number of nitrogens with two attached hydrogens (primary N) is 1. The maximum absolute atomic E-state index is 5.69. The lowest BCUT2D eigenvalue weighted by Gasteiger charge is -2.18. The van der Waals surface area contributed by atoms with E-state index in [1.165, 1.54) is 14.7 Å². The fourth-order valence-electron chi connectivity index (χ4n) is 1.86. The van der Waals surface area contributed by atoms with Gasteiger partial charge in [-0.15, -0.1) is 0 Å². The van der Waals surface area contributed by atoms with Crippen molar-refractivity contribution >= 4 is 49.9 Å². The molecule has 0 radical (unpaired) electrons. The number of halogens is 2.